The molecule has 0 spiro atoms. The Hall–Kier alpha value is -4.99. The fourth-order valence-corrected chi connectivity index (χ4v) is 4.83. The maximum atomic E-state index is 13.2. The van der Waals surface area contributed by atoms with Gasteiger partial charge in [-0.1, -0.05) is 60.2 Å². The average molecular weight is 551 g/mol. The lowest BCUT2D eigenvalue weighted by molar-refractivity contribution is 0.208. The lowest BCUT2D eigenvalue weighted by atomic mass is 10.1. The Kier molecular flexibility index (Phi) is 7.44. The summed E-state index contributed by atoms with van der Waals surface area (Å²) in [5.41, 5.74) is 5.54. The van der Waals surface area contributed by atoms with Gasteiger partial charge in [0.05, 0.1) is 12.9 Å². The van der Waals surface area contributed by atoms with E-state index < -0.39 is 0 Å². The van der Waals surface area contributed by atoms with E-state index in [1.165, 1.54) is 17.7 Å². The normalized spacial score (nSPS) is 13.4. The van der Waals surface area contributed by atoms with Crippen LogP contribution in [-0.2, 0) is 13.1 Å². The van der Waals surface area contributed by atoms with Gasteiger partial charge in [-0.3, -0.25) is 0 Å². The zero-order valence-electron chi connectivity index (χ0n) is 22.8. The summed E-state index contributed by atoms with van der Waals surface area (Å²) in [6, 6.07) is 24.2. The topological polar surface area (TPSA) is 91.2 Å². The number of nitrogens with one attached hydrogen (secondary N) is 2. The van der Waals surface area contributed by atoms with Crippen LogP contribution >= 0.6 is 0 Å². The summed E-state index contributed by atoms with van der Waals surface area (Å²) in [5.74, 6) is 0.928. The molecule has 0 saturated carbocycles. The molecule has 3 heterocycles. The van der Waals surface area contributed by atoms with E-state index in [4.69, 9.17) is 9.97 Å². The first-order chi connectivity index (χ1) is 20.0. The Balaban J connectivity index is 1.22. The molecule has 208 valence electrons. The molecule has 2 aromatic heterocycles. The van der Waals surface area contributed by atoms with Crippen LogP contribution in [0.3, 0.4) is 0 Å². The van der Waals surface area contributed by atoms with E-state index in [-0.39, 0.29) is 11.8 Å². The number of fused-ring (bicyclic) bond motifs is 1. The maximum absolute atomic E-state index is 13.2. The molecule has 2 amide bonds. The van der Waals surface area contributed by atoms with Crippen LogP contribution in [0.15, 0.2) is 85.2 Å². The SMILES string of the molecule is Cc1ccc(CNc2nc(N3CCN(C(=O)Nc4ccc(F)cc4)CC3)nc3c2ncn3Cc2ccccc2)cc1. The number of aryl methyl sites for hydroxylation is 1. The second-order valence-corrected chi connectivity index (χ2v) is 10.2. The molecule has 1 aliphatic rings. The zero-order valence-corrected chi connectivity index (χ0v) is 22.8. The smallest absolute Gasteiger partial charge is 0.321 e. The highest BCUT2D eigenvalue weighted by Gasteiger charge is 2.24. The van der Waals surface area contributed by atoms with Gasteiger partial charge in [-0.25, -0.2) is 14.2 Å². The summed E-state index contributed by atoms with van der Waals surface area (Å²) in [5, 5.41) is 6.32. The lowest BCUT2D eigenvalue weighted by Gasteiger charge is -2.34. The lowest BCUT2D eigenvalue weighted by Crippen LogP contribution is -2.50. The van der Waals surface area contributed by atoms with Gasteiger partial charge in [-0.05, 0) is 42.3 Å². The fourth-order valence-electron chi connectivity index (χ4n) is 4.83. The summed E-state index contributed by atoms with van der Waals surface area (Å²) in [6.07, 6.45) is 1.81. The number of nitrogens with zero attached hydrogens (tertiary/aromatic N) is 6. The molecule has 0 radical (unpaired) electrons. The Morgan fingerprint density at radius 2 is 1.61 bits per heavy atom. The number of halogens is 1. The summed E-state index contributed by atoms with van der Waals surface area (Å²) < 4.78 is 15.3. The van der Waals surface area contributed by atoms with Gasteiger partial charge in [0.2, 0.25) is 5.95 Å². The molecule has 1 fully saturated rings. The number of piperazine rings is 1. The molecular formula is C31H31FN8O. The van der Waals surface area contributed by atoms with Crippen molar-refractivity contribution >= 4 is 34.6 Å². The Labute approximate surface area is 237 Å². The number of aromatic nitrogens is 4. The van der Waals surface area contributed by atoms with E-state index in [9.17, 15) is 9.18 Å². The standard InChI is InChI=1S/C31H31FN8O/c1-22-7-9-23(10-8-22)19-33-28-27-29(40(21-34-27)20-24-5-3-2-4-6-24)37-30(36-28)38-15-17-39(18-16-38)31(41)35-26-13-11-25(32)12-14-26/h2-14,21H,15-20H2,1H3,(H,35,41)(H,33,36,37). The first-order valence-electron chi connectivity index (χ1n) is 13.6. The minimum Gasteiger partial charge on any atom is -0.364 e. The van der Waals surface area contributed by atoms with Crippen molar-refractivity contribution in [3.05, 3.63) is 108 Å². The second-order valence-electron chi connectivity index (χ2n) is 10.2. The fraction of sp³-hybridized carbons (Fsp3) is 0.226. The first-order valence-corrected chi connectivity index (χ1v) is 13.6. The van der Waals surface area contributed by atoms with Gasteiger partial charge in [-0.2, -0.15) is 9.97 Å². The monoisotopic (exact) mass is 550 g/mol. The molecule has 5 aromatic rings. The molecule has 0 aliphatic carbocycles. The Morgan fingerprint density at radius 1 is 0.878 bits per heavy atom. The number of anilines is 3. The van der Waals surface area contributed by atoms with E-state index in [1.807, 2.05) is 29.1 Å². The number of hydrogen-bond acceptors (Lipinski definition) is 6. The molecule has 41 heavy (non-hydrogen) atoms. The van der Waals surface area contributed by atoms with Crippen molar-refractivity contribution in [1.82, 2.24) is 24.4 Å². The predicted octanol–water partition coefficient (Wildman–Crippen LogP) is 5.29. The first kappa shape index (κ1) is 26.2. The quantitative estimate of drug-likeness (QED) is 0.286. The van der Waals surface area contributed by atoms with Gasteiger partial charge < -0.3 is 25.0 Å². The molecule has 0 atom stereocenters. The van der Waals surface area contributed by atoms with Crippen LogP contribution in [0.5, 0.6) is 0 Å². The van der Waals surface area contributed by atoms with Crippen LogP contribution in [-0.4, -0.2) is 56.6 Å². The Morgan fingerprint density at radius 3 is 2.34 bits per heavy atom. The highest BCUT2D eigenvalue weighted by Crippen LogP contribution is 2.25. The summed E-state index contributed by atoms with van der Waals surface area (Å²) in [6.45, 7) is 5.48. The second kappa shape index (κ2) is 11.6. The third-order valence-corrected chi connectivity index (χ3v) is 7.17. The van der Waals surface area contributed by atoms with Crippen LogP contribution in [0, 0.1) is 12.7 Å². The molecule has 10 heteroatoms. The maximum Gasteiger partial charge on any atom is 0.321 e. The van der Waals surface area contributed by atoms with Gasteiger partial charge in [0.1, 0.15) is 5.82 Å². The largest absolute Gasteiger partial charge is 0.364 e. The number of carbonyl (C=O) groups is 1. The Bertz CT molecular complexity index is 1630. The predicted molar refractivity (Wildman–Crippen MR) is 159 cm³/mol. The number of urea groups is 1. The third-order valence-electron chi connectivity index (χ3n) is 7.17. The summed E-state index contributed by atoms with van der Waals surface area (Å²) in [7, 11) is 0. The van der Waals surface area contributed by atoms with Gasteiger partial charge >= 0.3 is 6.03 Å². The van der Waals surface area contributed by atoms with E-state index >= 15 is 0 Å². The molecule has 0 unspecified atom stereocenters. The van der Waals surface area contributed by atoms with Gasteiger partial charge in [0.15, 0.2) is 17.0 Å². The minimum absolute atomic E-state index is 0.214. The molecular weight excluding hydrogens is 519 g/mol. The van der Waals surface area contributed by atoms with Crippen molar-refractivity contribution in [2.75, 3.05) is 41.7 Å². The molecule has 3 aromatic carbocycles. The van der Waals surface area contributed by atoms with Crippen molar-refractivity contribution in [1.29, 1.82) is 0 Å². The van der Waals surface area contributed by atoms with Crippen LogP contribution in [0.4, 0.5) is 26.6 Å². The van der Waals surface area contributed by atoms with Gasteiger partial charge in [0, 0.05) is 38.4 Å². The zero-order chi connectivity index (χ0) is 28.2. The molecule has 9 nitrogen and oxygen atoms in total. The van der Waals surface area contributed by atoms with Crippen LogP contribution in [0.2, 0.25) is 0 Å². The molecule has 0 bridgehead atoms. The van der Waals surface area contributed by atoms with E-state index in [0.717, 1.165) is 16.8 Å². The van der Waals surface area contributed by atoms with E-state index in [0.29, 0.717) is 62.2 Å². The average Bonchev–Trinajstić information content (AvgIpc) is 3.41. The number of amides is 2. The highest BCUT2D eigenvalue weighted by molar-refractivity contribution is 5.89. The number of benzene rings is 3. The summed E-state index contributed by atoms with van der Waals surface area (Å²) >= 11 is 0. The van der Waals surface area contributed by atoms with Gasteiger partial charge in [-0.15, -0.1) is 0 Å². The van der Waals surface area contributed by atoms with Crippen LogP contribution < -0.4 is 15.5 Å². The van der Waals surface area contributed by atoms with Crippen LogP contribution in [0.1, 0.15) is 16.7 Å². The molecule has 1 saturated heterocycles. The number of carbonyl (C=O) groups excluding carboxylic acids is 1. The number of hydrogen-bond donors (Lipinski definition) is 2. The van der Waals surface area contributed by atoms with Crippen molar-refractivity contribution in [2.45, 2.75) is 20.0 Å². The van der Waals surface area contributed by atoms with Gasteiger partial charge in [0.25, 0.3) is 0 Å². The third kappa shape index (κ3) is 6.11. The van der Waals surface area contributed by atoms with Crippen molar-refractivity contribution in [3.8, 4) is 0 Å². The molecule has 1 aliphatic heterocycles. The van der Waals surface area contributed by atoms with E-state index in [1.54, 1.807) is 17.0 Å². The van der Waals surface area contributed by atoms with Crippen molar-refractivity contribution < 1.29 is 9.18 Å². The molecule has 6 rings (SSSR count). The minimum atomic E-state index is -0.341. The van der Waals surface area contributed by atoms with Crippen LogP contribution in [0.25, 0.3) is 11.2 Å². The summed E-state index contributed by atoms with van der Waals surface area (Å²) in [4.78, 5) is 31.2. The van der Waals surface area contributed by atoms with Crippen molar-refractivity contribution in [3.63, 3.8) is 0 Å². The highest BCUT2D eigenvalue weighted by atomic mass is 19.1. The molecule has 2 N–H and O–H groups in total. The number of rotatable bonds is 7. The van der Waals surface area contributed by atoms with E-state index in [2.05, 4.69) is 63.8 Å². The van der Waals surface area contributed by atoms with Crippen molar-refractivity contribution in [2.24, 2.45) is 0 Å². The number of imidazole rings is 1.